The number of carboxylic acid groups (broad SMARTS) is 2. The lowest BCUT2D eigenvalue weighted by Gasteiger charge is -2.33. The smallest absolute Gasteiger partial charge is 0.340 e. The van der Waals surface area contributed by atoms with E-state index in [2.05, 4.69) is 0 Å². The SMILES string of the molecule is O=C1CCC(=O)N1CC(SSC(CN1C(=O)CCC1=O)(C(=O)O)S(=O)(=O)O)(C(=O)O)S(=O)(=O)O. The molecule has 2 aliphatic rings. The number of carboxylic acids is 2. The van der Waals surface area contributed by atoms with Gasteiger partial charge >= 0.3 is 11.9 Å². The summed E-state index contributed by atoms with van der Waals surface area (Å²) in [5.41, 5.74) is 0. The largest absolute Gasteiger partial charge is 0.479 e. The summed E-state index contributed by atoms with van der Waals surface area (Å²) in [6.07, 6.45) is -1.66. The number of hydrogen-bond acceptors (Lipinski definition) is 12. The molecule has 0 aromatic rings. The van der Waals surface area contributed by atoms with Crippen LogP contribution in [0.15, 0.2) is 0 Å². The first-order valence-corrected chi connectivity index (χ1v) is 13.9. The Morgan fingerprint density at radius 2 is 0.912 bits per heavy atom. The van der Waals surface area contributed by atoms with Crippen molar-refractivity contribution >= 4 is 77.4 Å². The summed E-state index contributed by atoms with van der Waals surface area (Å²) < 4.78 is 60.5. The molecule has 2 heterocycles. The lowest BCUT2D eigenvalue weighted by atomic mass is 10.3. The van der Waals surface area contributed by atoms with E-state index in [1.165, 1.54) is 0 Å². The fraction of sp³-hybridized carbons (Fsp3) is 0.571. The molecule has 0 saturated carbocycles. The Morgan fingerprint density at radius 1 is 0.676 bits per heavy atom. The zero-order chi connectivity index (χ0) is 26.3. The third-order valence-corrected chi connectivity index (χ3v) is 12.7. The predicted molar refractivity (Wildman–Crippen MR) is 111 cm³/mol. The highest BCUT2D eigenvalue weighted by atomic mass is 33.1. The molecule has 0 bridgehead atoms. The van der Waals surface area contributed by atoms with Gasteiger partial charge in [-0.3, -0.25) is 38.1 Å². The van der Waals surface area contributed by atoms with Gasteiger partial charge in [-0.15, -0.1) is 0 Å². The minimum absolute atomic E-state index is 0.179. The van der Waals surface area contributed by atoms with Gasteiger partial charge in [-0.1, -0.05) is 21.6 Å². The second kappa shape index (κ2) is 9.41. The quantitative estimate of drug-likeness (QED) is 0.120. The van der Waals surface area contributed by atoms with Gasteiger partial charge in [0.15, 0.2) is 0 Å². The van der Waals surface area contributed by atoms with Crippen LogP contribution in [-0.4, -0.2) is 103 Å². The molecule has 20 heteroatoms. The molecule has 2 unspecified atom stereocenters. The molecular formula is C14H16N2O14S4. The van der Waals surface area contributed by atoms with Crippen molar-refractivity contribution in [2.75, 3.05) is 13.1 Å². The molecule has 2 rings (SSSR count). The van der Waals surface area contributed by atoms with Gasteiger partial charge in [-0.2, -0.15) is 16.8 Å². The molecular weight excluding hydrogens is 548 g/mol. The number of aliphatic carboxylic acids is 2. The molecule has 0 aromatic carbocycles. The first kappa shape index (κ1) is 28.0. The molecule has 0 aromatic heterocycles. The zero-order valence-electron chi connectivity index (χ0n) is 16.6. The number of hydrogen-bond donors (Lipinski definition) is 4. The van der Waals surface area contributed by atoms with Crippen LogP contribution in [0.5, 0.6) is 0 Å². The van der Waals surface area contributed by atoms with Gasteiger partial charge in [-0.05, 0) is 0 Å². The summed E-state index contributed by atoms with van der Waals surface area (Å²) in [6, 6.07) is 0. The van der Waals surface area contributed by atoms with Crippen LogP contribution in [0.25, 0.3) is 0 Å². The molecule has 0 aliphatic carbocycles. The third kappa shape index (κ3) is 4.91. The minimum atomic E-state index is -5.82. The van der Waals surface area contributed by atoms with Gasteiger partial charge in [0.05, 0.1) is 13.1 Å². The monoisotopic (exact) mass is 564 g/mol. The Balaban J connectivity index is 2.59. The second-order valence-electron chi connectivity index (χ2n) is 6.98. The molecule has 190 valence electrons. The number of amides is 4. The van der Waals surface area contributed by atoms with E-state index in [4.69, 9.17) is 0 Å². The van der Waals surface area contributed by atoms with Crippen LogP contribution in [0.2, 0.25) is 0 Å². The van der Waals surface area contributed by atoms with Crippen molar-refractivity contribution in [3.05, 3.63) is 0 Å². The normalized spacial score (nSPS) is 21.0. The van der Waals surface area contributed by atoms with E-state index >= 15 is 0 Å². The van der Waals surface area contributed by atoms with Gasteiger partial charge in [0.25, 0.3) is 28.4 Å². The van der Waals surface area contributed by atoms with Crippen molar-refractivity contribution < 1.29 is 64.9 Å². The van der Waals surface area contributed by atoms with Gasteiger partial charge in [0.2, 0.25) is 23.6 Å². The number of carbonyl (C=O) groups is 6. The summed E-state index contributed by atoms with van der Waals surface area (Å²) in [7, 11) is -12.9. The number of nitrogens with zero attached hydrogens (tertiary/aromatic N) is 2. The topological polar surface area (TPSA) is 258 Å². The molecule has 0 radical (unpaired) electrons. The Bertz CT molecular complexity index is 1060. The van der Waals surface area contributed by atoms with Crippen LogP contribution in [0.1, 0.15) is 25.7 Å². The zero-order valence-corrected chi connectivity index (χ0v) is 19.9. The molecule has 0 spiro atoms. The van der Waals surface area contributed by atoms with Gasteiger partial charge < -0.3 is 10.2 Å². The van der Waals surface area contributed by atoms with Crippen molar-refractivity contribution in [3.63, 3.8) is 0 Å². The molecule has 16 nitrogen and oxygen atoms in total. The first-order chi connectivity index (χ1) is 15.4. The average Bonchev–Trinajstić information content (AvgIpc) is 3.16. The van der Waals surface area contributed by atoms with E-state index in [0.717, 1.165) is 0 Å². The van der Waals surface area contributed by atoms with Crippen molar-refractivity contribution in [3.8, 4) is 0 Å². The van der Waals surface area contributed by atoms with Crippen LogP contribution in [0.4, 0.5) is 0 Å². The standard InChI is InChI=1S/C14H16N2O14S4/c17-7-1-2-8(18)15(7)5-13(11(21)22,33(25,26)27)31-32-14(12(23)24,34(28,29)30)6-16-9(19)3-4-10(16)20/h1-6H2,(H,21,22)(H,23,24)(H,25,26,27)(H,28,29,30). The fourth-order valence-electron chi connectivity index (χ4n) is 2.88. The van der Waals surface area contributed by atoms with Crippen LogP contribution in [0, 0.1) is 0 Å². The second-order valence-corrected chi connectivity index (χ2v) is 13.5. The summed E-state index contributed by atoms with van der Waals surface area (Å²) in [5, 5.41) is 19.2. The molecule has 2 saturated heterocycles. The highest BCUT2D eigenvalue weighted by molar-refractivity contribution is 8.80. The Kier molecular flexibility index (Phi) is 7.75. The van der Waals surface area contributed by atoms with E-state index in [-0.39, 0.29) is 9.80 Å². The number of imide groups is 2. The number of rotatable bonds is 11. The van der Waals surface area contributed by atoms with Crippen molar-refractivity contribution in [1.82, 2.24) is 9.80 Å². The Labute approximate surface area is 198 Å². The van der Waals surface area contributed by atoms with Crippen molar-refractivity contribution in [2.24, 2.45) is 0 Å². The number of carbonyl (C=O) groups excluding carboxylic acids is 4. The molecule has 2 fully saturated rings. The summed E-state index contributed by atoms with van der Waals surface area (Å²) in [6.45, 7) is -3.08. The highest BCUT2D eigenvalue weighted by Crippen LogP contribution is 2.50. The van der Waals surface area contributed by atoms with Crippen LogP contribution in [-0.2, 0) is 49.0 Å². The van der Waals surface area contributed by atoms with E-state index in [9.17, 15) is 64.9 Å². The third-order valence-electron chi connectivity index (χ3n) is 4.84. The predicted octanol–water partition coefficient (Wildman–Crippen LogP) is -2.00. The maximum absolute atomic E-state index is 12.1. The first-order valence-electron chi connectivity index (χ1n) is 8.84. The minimum Gasteiger partial charge on any atom is -0.479 e. The van der Waals surface area contributed by atoms with Gasteiger partial charge in [0.1, 0.15) is 0 Å². The Morgan fingerprint density at radius 3 is 1.09 bits per heavy atom. The summed E-state index contributed by atoms with van der Waals surface area (Å²) in [5.74, 6) is -8.89. The van der Waals surface area contributed by atoms with E-state index < -0.39 is 124 Å². The van der Waals surface area contributed by atoms with E-state index in [1.54, 1.807) is 0 Å². The van der Waals surface area contributed by atoms with Gasteiger partial charge in [0, 0.05) is 25.7 Å². The van der Waals surface area contributed by atoms with Crippen LogP contribution >= 0.6 is 21.6 Å². The molecule has 2 aliphatic heterocycles. The van der Waals surface area contributed by atoms with Gasteiger partial charge in [-0.25, -0.2) is 9.59 Å². The van der Waals surface area contributed by atoms with Crippen LogP contribution < -0.4 is 0 Å². The molecule has 2 atom stereocenters. The lowest BCUT2D eigenvalue weighted by molar-refractivity contribution is -0.144. The average molecular weight is 565 g/mol. The summed E-state index contributed by atoms with van der Waals surface area (Å²) in [4.78, 5) is 71.8. The van der Waals surface area contributed by atoms with E-state index in [0.29, 0.717) is 0 Å². The van der Waals surface area contributed by atoms with Crippen molar-refractivity contribution in [1.29, 1.82) is 0 Å². The fourth-order valence-corrected chi connectivity index (χ4v) is 9.08. The van der Waals surface area contributed by atoms with Crippen LogP contribution in [0.3, 0.4) is 0 Å². The van der Waals surface area contributed by atoms with Crippen molar-refractivity contribution in [2.45, 2.75) is 33.8 Å². The molecule has 4 amide bonds. The summed E-state index contributed by atoms with van der Waals surface area (Å²) >= 11 is 0. The molecule has 4 N–H and O–H groups in total. The maximum atomic E-state index is 12.1. The highest BCUT2D eigenvalue weighted by Gasteiger charge is 2.61. The molecule has 34 heavy (non-hydrogen) atoms. The lowest BCUT2D eigenvalue weighted by Crippen LogP contribution is -2.55. The Hall–Kier alpha value is -2.26. The number of likely N-dealkylation sites (tertiary alicyclic amines) is 2. The maximum Gasteiger partial charge on any atom is 0.340 e. The van der Waals surface area contributed by atoms with E-state index in [1.807, 2.05) is 0 Å².